The number of hydrogen-bond donors (Lipinski definition) is 0. The van der Waals surface area contributed by atoms with Gasteiger partial charge in [-0.25, -0.2) is 4.79 Å². The summed E-state index contributed by atoms with van der Waals surface area (Å²) in [5.41, 5.74) is 3.10. The lowest BCUT2D eigenvalue weighted by Gasteiger charge is -2.32. The van der Waals surface area contributed by atoms with Gasteiger partial charge in [0.15, 0.2) is 6.10 Å². The number of likely N-dealkylation sites (tertiary alicyclic amines) is 1. The Bertz CT molecular complexity index is 820. The zero-order chi connectivity index (χ0) is 17.6. The van der Waals surface area contributed by atoms with Gasteiger partial charge >= 0.3 is 6.09 Å². The third-order valence-corrected chi connectivity index (χ3v) is 5.69. The van der Waals surface area contributed by atoms with E-state index in [1.54, 1.807) is 6.92 Å². The quantitative estimate of drug-likeness (QED) is 0.744. The van der Waals surface area contributed by atoms with Crippen LogP contribution in [0.25, 0.3) is 11.1 Å². The predicted octanol–water partition coefficient (Wildman–Crippen LogP) is 4.51. The lowest BCUT2D eigenvalue weighted by molar-refractivity contribution is -0.120. The van der Waals surface area contributed by atoms with Gasteiger partial charge in [-0.1, -0.05) is 48.5 Å². The molecule has 1 saturated heterocycles. The number of amides is 1. The molecule has 0 bridgehead atoms. The first-order chi connectivity index (χ1) is 12.0. The first-order valence-electron chi connectivity index (χ1n) is 8.39. The fourth-order valence-electron chi connectivity index (χ4n) is 3.86. The average Bonchev–Trinajstić information content (AvgIpc) is 3.16. The summed E-state index contributed by atoms with van der Waals surface area (Å²) in [4.78, 5) is 26.1. The maximum atomic E-state index is 12.8. The van der Waals surface area contributed by atoms with Gasteiger partial charge in [0.2, 0.25) is 5.24 Å². The van der Waals surface area contributed by atoms with Crippen molar-refractivity contribution >= 4 is 22.9 Å². The van der Waals surface area contributed by atoms with Gasteiger partial charge in [0.1, 0.15) is 5.54 Å². The number of hydrogen-bond acceptors (Lipinski definition) is 3. The monoisotopic (exact) mass is 355 g/mol. The summed E-state index contributed by atoms with van der Waals surface area (Å²) in [7, 11) is 0. The molecular weight excluding hydrogens is 338 g/mol. The molecule has 1 heterocycles. The first-order valence-corrected chi connectivity index (χ1v) is 8.76. The number of carbonyl (C=O) groups is 2. The lowest BCUT2D eigenvalue weighted by atomic mass is 10.0. The zero-order valence-corrected chi connectivity index (χ0v) is 14.6. The summed E-state index contributed by atoms with van der Waals surface area (Å²) in [6.07, 6.45) is 0.338. The molecule has 1 amide bonds. The van der Waals surface area contributed by atoms with Crippen molar-refractivity contribution in [1.29, 1.82) is 0 Å². The Kier molecular flexibility index (Phi) is 3.80. The van der Waals surface area contributed by atoms with E-state index in [-0.39, 0.29) is 0 Å². The highest BCUT2D eigenvalue weighted by Gasteiger charge is 2.46. The van der Waals surface area contributed by atoms with E-state index in [1.807, 2.05) is 48.5 Å². The molecule has 1 aliphatic heterocycles. The zero-order valence-electron chi connectivity index (χ0n) is 13.9. The molecule has 5 heteroatoms. The van der Waals surface area contributed by atoms with E-state index in [9.17, 15) is 9.59 Å². The Hall–Kier alpha value is -2.33. The SMILES string of the molecule is CC1(C(=O)Cl)CCCN1C(=O)OC1c2ccccc2-c2ccccc21. The van der Waals surface area contributed by atoms with Crippen molar-refractivity contribution in [3.05, 3.63) is 59.7 Å². The second-order valence-electron chi connectivity index (χ2n) is 6.74. The molecule has 1 atom stereocenters. The maximum Gasteiger partial charge on any atom is 0.411 e. The molecule has 0 spiro atoms. The van der Waals surface area contributed by atoms with Crippen molar-refractivity contribution in [1.82, 2.24) is 4.90 Å². The van der Waals surface area contributed by atoms with Crippen LogP contribution < -0.4 is 0 Å². The van der Waals surface area contributed by atoms with Gasteiger partial charge in [-0.3, -0.25) is 9.69 Å². The Morgan fingerprint density at radius 1 is 1.08 bits per heavy atom. The van der Waals surface area contributed by atoms with Gasteiger partial charge in [0.05, 0.1) is 0 Å². The highest BCUT2D eigenvalue weighted by atomic mass is 35.5. The van der Waals surface area contributed by atoms with Crippen LogP contribution in [0.1, 0.15) is 37.0 Å². The Morgan fingerprint density at radius 3 is 2.20 bits per heavy atom. The minimum absolute atomic E-state index is 0.463. The minimum Gasteiger partial charge on any atom is -0.436 e. The largest absolute Gasteiger partial charge is 0.436 e. The standard InChI is InChI=1S/C20H18ClNO3/c1-20(18(21)23)11-6-12-22(20)19(24)25-17-15-9-4-2-7-13(15)14-8-3-5-10-16(14)17/h2-5,7-10,17H,6,11-12H2,1H3. The third-order valence-electron chi connectivity index (χ3n) is 5.28. The van der Waals surface area contributed by atoms with E-state index in [4.69, 9.17) is 16.3 Å². The Labute approximate surface area is 151 Å². The molecule has 0 radical (unpaired) electrons. The molecule has 128 valence electrons. The summed E-state index contributed by atoms with van der Waals surface area (Å²) in [5, 5.41) is -0.519. The Morgan fingerprint density at radius 2 is 1.64 bits per heavy atom. The molecule has 25 heavy (non-hydrogen) atoms. The number of rotatable bonds is 2. The smallest absolute Gasteiger partial charge is 0.411 e. The lowest BCUT2D eigenvalue weighted by Crippen LogP contribution is -2.49. The van der Waals surface area contributed by atoms with Gasteiger partial charge in [0, 0.05) is 17.7 Å². The molecule has 2 aliphatic rings. The van der Waals surface area contributed by atoms with Crippen molar-refractivity contribution in [3.8, 4) is 11.1 Å². The highest BCUT2D eigenvalue weighted by Crippen LogP contribution is 2.45. The van der Waals surface area contributed by atoms with Crippen LogP contribution in [-0.2, 0) is 9.53 Å². The number of carbonyl (C=O) groups excluding carboxylic acids is 2. The van der Waals surface area contributed by atoms with Crippen LogP contribution in [0.15, 0.2) is 48.5 Å². The van der Waals surface area contributed by atoms with Crippen LogP contribution in [-0.4, -0.2) is 28.3 Å². The molecule has 4 nitrogen and oxygen atoms in total. The predicted molar refractivity (Wildman–Crippen MR) is 95.4 cm³/mol. The molecule has 0 N–H and O–H groups in total. The van der Waals surface area contributed by atoms with Crippen molar-refractivity contribution < 1.29 is 14.3 Å². The summed E-state index contributed by atoms with van der Waals surface area (Å²) < 4.78 is 5.87. The van der Waals surface area contributed by atoms with Gasteiger partial charge in [0.25, 0.3) is 0 Å². The molecule has 0 saturated carbocycles. The minimum atomic E-state index is -0.990. The van der Waals surface area contributed by atoms with Crippen molar-refractivity contribution in [2.45, 2.75) is 31.4 Å². The van der Waals surface area contributed by atoms with E-state index in [0.717, 1.165) is 28.7 Å². The second-order valence-corrected chi connectivity index (χ2v) is 7.08. The van der Waals surface area contributed by atoms with Crippen LogP contribution >= 0.6 is 11.6 Å². The summed E-state index contributed by atoms with van der Waals surface area (Å²) >= 11 is 5.75. The van der Waals surface area contributed by atoms with E-state index in [1.165, 1.54) is 4.90 Å². The topological polar surface area (TPSA) is 46.6 Å². The number of halogens is 1. The highest BCUT2D eigenvalue weighted by molar-refractivity contribution is 6.65. The molecule has 0 aromatic heterocycles. The normalized spacial score (nSPS) is 21.8. The van der Waals surface area contributed by atoms with Gasteiger partial charge in [-0.2, -0.15) is 0 Å². The second kappa shape index (κ2) is 5.88. The van der Waals surface area contributed by atoms with Crippen LogP contribution in [0, 0.1) is 0 Å². The van der Waals surface area contributed by atoms with Crippen LogP contribution in [0.4, 0.5) is 4.79 Å². The number of benzene rings is 2. The maximum absolute atomic E-state index is 12.8. The van der Waals surface area contributed by atoms with E-state index >= 15 is 0 Å². The average molecular weight is 356 g/mol. The fraction of sp³-hybridized carbons (Fsp3) is 0.300. The molecule has 1 fully saturated rings. The van der Waals surface area contributed by atoms with Gasteiger partial charge < -0.3 is 4.74 Å². The van der Waals surface area contributed by atoms with Crippen molar-refractivity contribution in [2.75, 3.05) is 6.54 Å². The van der Waals surface area contributed by atoms with Crippen molar-refractivity contribution in [3.63, 3.8) is 0 Å². The number of nitrogens with zero attached hydrogens (tertiary/aromatic N) is 1. The van der Waals surface area contributed by atoms with E-state index in [0.29, 0.717) is 13.0 Å². The summed E-state index contributed by atoms with van der Waals surface area (Å²) in [5.74, 6) is 0. The Balaban J connectivity index is 1.67. The molecule has 1 unspecified atom stereocenters. The third kappa shape index (κ3) is 2.44. The molecule has 1 aliphatic carbocycles. The molecule has 4 rings (SSSR count). The van der Waals surface area contributed by atoms with E-state index in [2.05, 4.69) is 0 Å². The molecule has 2 aromatic carbocycles. The fourth-order valence-corrected chi connectivity index (χ4v) is 4.06. The van der Waals surface area contributed by atoms with Crippen LogP contribution in [0.2, 0.25) is 0 Å². The number of ether oxygens (including phenoxy) is 1. The van der Waals surface area contributed by atoms with Crippen LogP contribution in [0.5, 0.6) is 0 Å². The summed E-state index contributed by atoms with van der Waals surface area (Å²) in [6.45, 7) is 2.18. The van der Waals surface area contributed by atoms with Gasteiger partial charge in [-0.15, -0.1) is 0 Å². The van der Waals surface area contributed by atoms with Crippen molar-refractivity contribution in [2.24, 2.45) is 0 Å². The molecule has 2 aromatic rings. The van der Waals surface area contributed by atoms with Crippen LogP contribution in [0.3, 0.4) is 0 Å². The summed E-state index contributed by atoms with van der Waals surface area (Å²) in [6, 6.07) is 15.8. The van der Waals surface area contributed by atoms with Gasteiger partial charge in [-0.05, 0) is 42.5 Å². The molecular formula is C20H18ClNO3. The van der Waals surface area contributed by atoms with E-state index < -0.39 is 23.0 Å². The number of fused-ring (bicyclic) bond motifs is 3. The first kappa shape index (κ1) is 16.2.